The molecule has 1 aliphatic rings. The van der Waals surface area contributed by atoms with Crippen molar-refractivity contribution in [2.24, 2.45) is 0 Å². The van der Waals surface area contributed by atoms with E-state index in [1.807, 2.05) is 0 Å². The van der Waals surface area contributed by atoms with Gasteiger partial charge < -0.3 is 4.42 Å². The van der Waals surface area contributed by atoms with Gasteiger partial charge in [-0.1, -0.05) is 36.0 Å². The molecule has 1 heterocycles. The summed E-state index contributed by atoms with van der Waals surface area (Å²) >= 11 is 11.9. The van der Waals surface area contributed by atoms with E-state index in [9.17, 15) is 0 Å². The normalized spacial score (nSPS) is 17.4. The molecule has 1 aromatic carbocycles. The molecule has 16 heavy (non-hydrogen) atoms. The van der Waals surface area contributed by atoms with Crippen molar-refractivity contribution in [1.29, 1.82) is 0 Å². The maximum atomic E-state index is 5.94. The highest BCUT2D eigenvalue weighted by molar-refractivity contribution is 6.42. The summed E-state index contributed by atoms with van der Waals surface area (Å²) < 4.78 is 5.73. The second-order valence-electron chi connectivity index (χ2n) is 4.27. The molecular formula is C12H11Cl2NO. The molecule has 0 atom stereocenters. The molecule has 84 valence electrons. The van der Waals surface area contributed by atoms with Crippen LogP contribution in [0.3, 0.4) is 0 Å². The molecule has 0 aliphatic heterocycles. The van der Waals surface area contributed by atoms with Crippen LogP contribution in [0.1, 0.15) is 37.5 Å². The van der Waals surface area contributed by atoms with Crippen molar-refractivity contribution in [3.05, 3.63) is 28.1 Å². The number of benzene rings is 1. The van der Waals surface area contributed by atoms with Crippen LogP contribution in [0.4, 0.5) is 0 Å². The van der Waals surface area contributed by atoms with Crippen LogP contribution < -0.4 is 0 Å². The van der Waals surface area contributed by atoms with Gasteiger partial charge >= 0.3 is 0 Å². The van der Waals surface area contributed by atoms with Crippen molar-refractivity contribution in [2.45, 2.75) is 31.6 Å². The Morgan fingerprint density at radius 2 is 1.81 bits per heavy atom. The van der Waals surface area contributed by atoms with Crippen molar-refractivity contribution in [3.8, 4) is 0 Å². The van der Waals surface area contributed by atoms with Crippen LogP contribution in [0.2, 0.25) is 10.0 Å². The lowest BCUT2D eigenvalue weighted by molar-refractivity contribution is 0.474. The lowest BCUT2D eigenvalue weighted by atomic mass is 10.1. The van der Waals surface area contributed by atoms with Gasteiger partial charge in [0.25, 0.3) is 0 Å². The molecule has 1 aliphatic carbocycles. The van der Waals surface area contributed by atoms with Gasteiger partial charge in [-0.2, -0.15) is 0 Å². The Labute approximate surface area is 104 Å². The van der Waals surface area contributed by atoms with E-state index in [0.717, 1.165) is 17.0 Å². The zero-order valence-corrected chi connectivity index (χ0v) is 10.2. The lowest BCUT2D eigenvalue weighted by Crippen LogP contribution is -1.90. The molecule has 0 amide bonds. The highest BCUT2D eigenvalue weighted by Crippen LogP contribution is 2.36. The number of aromatic nitrogens is 1. The fraction of sp³-hybridized carbons (Fsp3) is 0.417. The second-order valence-corrected chi connectivity index (χ2v) is 5.08. The number of fused-ring (bicyclic) bond motifs is 1. The minimum absolute atomic E-state index is 0.477. The Hall–Kier alpha value is -0.730. The van der Waals surface area contributed by atoms with E-state index < -0.39 is 0 Å². The summed E-state index contributed by atoms with van der Waals surface area (Å²) in [6, 6.07) is 3.51. The molecule has 0 radical (unpaired) electrons. The van der Waals surface area contributed by atoms with E-state index in [1.165, 1.54) is 25.7 Å². The van der Waals surface area contributed by atoms with Gasteiger partial charge in [0.1, 0.15) is 5.52 Å². The van der Waals surface area contributed by atoms with Crippen LogP contribution in [0.25, 0.3) is 11.1 Å². The van der Waals surface area contributed by atoms with Crippen LogP contribution in [-0.4, -0.2) is 4.98 Å². The molecule has 1 saturated carbocycles. The highest BCUT2D eigenvalue weighted by atomic mass is 35.5. The smallest absolute Gasteiger partial charge is 0.198 e. The number of hydrogen-bond donors (Lipinski definition) is 0. The molecular weight excluding hydrogens is 245 g/mol. The first-order chi connectivity index (χ1) is 7.74. The molecule has 3 rings (SSSR count). The van der Waals surface area contributed by atoms with Crippen molar-refractivity contribution >= 4 is 34.3 Å². The van der Waals surface area contributed by atoms with E-state index in [2.05, 4.69) is 4.98 Å². The van der Waals surface area contributed by atoms with Crippen LogP contribution in [-0.2, 0) is 0 Å². The standard InChI is InChI=1S/C12H11Cl2NO/c13-8-5-10-11(6-9(8)14)16-12(15-10)7-3-1-2-4-7/h5-7H,1-4H2. The molecule has 2 aromatic rings. The Morgan fingerprint density at radius 3 is 2.56 bits per heavy atom. The van der Waals surface area contributed by atoms with Gasteiger partial charge in [-0.05, 0) is 18.9 Å². The summed E-state index contributed by atoms with van der Waals surface area (Å²) in [5.41, 5.74) is 1.53. The number of oxazole rings is 1. The average molecular weight is 256 g/mol. The number of hydrogen-bond acceptors (Lipinski definition) is 2. The summed E-state index contributed by atoms with van der Waals surface area (Å²) in [5.74, 6) is 1.32. The predicted octanol–water partition coefficient (Wildman–Crippen LogP) is 4.79. The molecule has 1 aromatic heterocycles. The third kappa shape index (κ3) is 1.70. The van der Waals surface area contributed by atoms with Crippen molar-refractivity contribution in [1.82, 2.24) is 4.98 Å². The summed E-state index contributed by atoms with van der Waals surface area (Å²) in [7, 11) is 0. The van der Waals surface area contributed by atoms with Gasteiger partial charge in [0.05, 0.1) is 10.0 Å². The van der Waals surface area contributed by atoms with Gasteiger partial charge in [-0.3, -0.25) is 0 Å². The van der Waals surface area contributed by atoms with Gasteiger partial charge in [-0.25, -0.2) is 4.98 Å². The topological polar surface area (TPSA) is 26.0 Å². The minimum atomic E-state index is 0.477. The summed E-state index contributed by atoms with van der Waals surface area (Å²) in [5, 5.41) is 1.05. The second kappa shape index (κ2) is 3.94. The quantitative estimate of drug-likeness (QED) is 0.732. The molecule has 0 spiro atoms. The molecule has 2 nitrogen and oxygen atoms in total. The Bertz CT molecular complexity index is 490. The molecule has 0 N–H and O–H groups in total. The maximum Gasteiger partial charge on any atom is 0.198 e. The van der Waals surface area contributed by atoms with E-state index in [1.54, 1.807) is 12.1 Å². The molecule has 1 fully saturated rings. The van der Waals surface area contributed by atoms with E-state index >= 15 is 0 Å². The first-order valence-corrected chi connectivity index (χ1v) is 6.25. The van der Waals surface area contributed by atoms with Crippen LogP contribution in [0, 0.1) is 0 Å². The summed E-state index contributed by atoms with van der Waals surface area (Å²) in [6.45, 7) is 0. The van der Waals surface area contributed by atoms with Gasteiger partial charge in [0, 0.05) is 12.0 Å². The molecule has 4 heteroatoms. The zero-order chi connectivity index (χ0) is 11.1. The largest absolute Gasteiger partial charge is 0.440 e. The average Bonchev–Trinajstić information content (AvgIpc) is 2.86. The molecule has 0 saturated heterocycles. The number of rotatable bonds is 1. The van der Waals surface area contributed by atoms with Gasteiger partial charge in [0.15, 0.2) is 11.5 Å². The van der Waals surface area contributed by atoms with Crippen LogP contribution in [0.5, 0.6) is 0 Å². The Morgan fingerprint density at radius 1 is 1.12 bits per heavy atom. The van der Waals surface area contributed by atoms with Crippen molar-refractivity contribution < 1.29 is 4.42 Å². The first-order valence-electron chi connectivity index (χ1n) is 5.49. The van der Waals surface area contributed by atoms with E-state index in [-0.39, 0.29) is 0 Å². The monoisotopic (exact) mass is 255 g/mol. The SMILES string of the molecule is Clc1cc2nc(C3CCCC3)oc2cc1Cl. The predicted molar refractivity (Wildman–Crippen MR) is 65.2 cm³/mol. The van der Waals surface area contributed by atoms with E-state index in [4.69, 9.17) is 27.6 Å². The van der Waals surface area contributed by atoms with Gasteiger partial charge in [0.2, 0.25) is 0 Å². The van der Waals surface area contributed by atoms with Gasteiger partial charge in [-0.15, -0.1) is 0 Å². The minimum Gasteiger partial charge on any atom is -0.440 e. The Balaban J connectivity index is 2.08. The summed E-state index contributed by atoms with van der Waals surface area (Å²) in [6.07, 6.45) is 4.89. The van der Waals surface area contributed by atoms with Crippen LogP contribution >= 0.6 is 23.2 Å². The fourth-order valence-corrected chi connectivity index (χ4v) is 2.60. The number of halogens is 2. The third-order valence-corrected chi connectivity index (χ3v) is 3.87. The Kier molecular flexibility index (Phi) is 2.56. The first kappa shape index (κ1) is 10.4. The third-order valence-electron chi connectivity index (χ3n) is 3.15. The molecule has 0 bridgehead atoms. The van der Waals surface area contributed by atoms with Crippen molar-refractivity contribution in [2.75, 3.05) is 0 Å². The number of nitrogens with zero attached hydrogens (tertiary/aromatic N) is 1. The fourth-order valence-electron chi connectivity index (χ4n) is 2.29. The zero-order valence-electron chi connectivity index (χ0n) is 8.67. The highest BCUT2D eigenvalue weighted by Gasteiger charge is 2.22. The van der Waals surface area contributed by atoms with Crippen molar-refractivity contribution in [3.63, 3.8) is 0 Å². The van der Waals surface area contributed by atoms with Crippen LogP contribution in [0.15, 0.2) is 16.5 Å². The lowest BCUT2D eigenvalue weighted by Gasteiger charge is -2.00. The molecule has 0 unspecified atom stereocenters. The van der Waals surface area contributed by atoms with E-state index in [0.29, 0.717) is 16.0 Å². The maximum absolute atomic E-state index is 5.94. The summed E-state index contributed by atoms with van der Waals surface area (Å²) in [4.78, 5) is 4.49.